The van der Waals surface area contributed by atoms with Crippen molar-refractivity contribution in [1.29, 1.82) is 0 Å². The lowest BCUT2D eigenvalue weighted by Gasteiger charge is -2.39. The van der Waals surface area contributed by atoms with Gasteiger partial charge in [0.15, 0.2) is 0 Å². The maximum Gasteiger partial charge on any atom is 0.0932 e. The molecule has 0 amide bonds. The van der Waals surface area contributed by atoms with Gasteiger partial charge in [-0.05, 0) is 18.3 Å². The number of rotatable bonds is 6. The van der Waals surface area contributed by atoms with E-state index in [1.165, 1.54) is 25.7 Å². The first kappa shape index (κ1) is 15.2. The highest BCUT2D eigenvalue weighted by Gasteiger charge is 2.36. The van der Waals surface area contributed by atoms with Gasteiger partial charge in [-0.1, -0.05) is 26.7 Å². The quantitative estimate of drug-likeness (QED) is 0.762. The molecule has 2 aliphatic rings. The maximum absolute atomic E-state index is 9.25. The Hall–Kier alpha value is -0.160. The summed E-state index contributed by atoms with van der Waals surface area (Å²) in [5, 5.41) is 12.9. The van der Waals surface area contributed by atoms with Crippen LogP contribution in [0.5, 0.6) is 0 Å². The van der Waals surface area contributed by atoms with E-state index < -0.39 is 0 Å². The molecule has 1 unspecified atom stereocenters. The Morgan fingerprint density at radius 2 is 2.11 bits per heavy atom. The van der Waals surface area contributed by atoms with Gasteiger partial charge in [0.2, 0.25) is 0 Å². The van der Waals surface area contributed by atoms with E-state index in [4.69, 9.17) is 4.74 Å². The van der Waals surface area contributed by atoms with Crippen molar-refractivity contribution >= 4 is 0 Å². The summed E-state index contributed by atoms with van der Waals surface area (Å²) < 4.78 is 5.55. The van der Waals surface area contributed by atoms with Crippen molar-refractivity contribution in [2.75, 3.05) is 39.4 Å². The molecule has 2 rings (SSSR count). The van der Waals surface area contributed by atoms with Crippen LogP contribution in [0.4, 0.5) is 0 Å². The van der Waals surface area contributed by atoms with Crippen molar-refractivity contribution in [3.05, 3.63) is 0 Å². The summed E-state index contributed by atoms with van der Waals surface area (Å²) in [6.07, 6.45) is 5.44. The van der Waals surface area contributed by atoms with Crippen LogP contribution in [0.1, 0.15) is 39.5 Å². The molecule has 0 aromatic heterocycles. The van der Waals surface area contributed by atoms with Crippen molar-refractivity contribution in [3.8, 4) is 0 Å². The number of hydrogen-bond donors (Lipinski definition) is 2. The second-order valence-corrected chi connectivity index (χ2v) is 6.65. The molecule has 0 spiro atoms. The zero-order chi connectivity index (χ0) is 13.7. The summed E-state index contributed by atoms with van der Waals surface area (Å²) in [4.78, 5) is 2.50. The van der Waals surface area contributed by atoms with Gasteiger partial charge in [-0.3, -0.25) is 4.90 Å². The molecule has 112 valence electrons. The predicted octanol–water partition coefficient (Wildman–Crippen LogP) is 1.24. The summed E-state index contributed by atoms with van der Waals surface area (Å²) >= 11 is 0. The maximum atomic E-state index is 9.25. The van der Waals surface area contributed by atoms with Crippen molar-refractivity contribution in [1.82, 2.24) is 10.2 Å². The summed E-state index contributed by atoms with van der Waals surface area (Å²) in [5.41, 5.74) is 0.446. The van der Waals surface area contributed by atoms with Crippen LogP contribution in [0.2, 0.25) is 0 Å². The Kier molecular flexibility index (Phi) is 5.63. The highest BCUT2D eigenvalue weighted by molar-refractivity contribution is 4.91. The third-order valence-corrected chi connectivity index (χ3v) is 4.54. The van der Waals surface area contributed by atoms with E-state index in [1.54, 1.807) is 0 Å². The number of hydrogen-bond acceptors (Lipinski definition) is 4. The van der Waals surface area contributed by atoms with Crippen LogP contribution in [-0.2, 0) is 4.74 Å². The van der Waals surface area contributed by atoms with E-state index in [1.807, 2.05) is 0 Å². The minimum Gasteiger partial charge on any atom is -0.394 e. The fourth-order valence-electron chi connectivity index (χ4n) is 3.45. The van der Waals surface area contributed by atoms with Crippen LogP contribution in [0.3, 0.4) is 0 Å². The van der Waals surface area contributed by atoms with Crippen LogP contribution in [-0.4, -0.2) is 61.5 Å². The van der Waals surface area contributed by atoms with Crippen LogP contribution < -0.4 is 5.32 Å². The molecule has 1 aliphatic carbocycles. The van der Waals surface area contributed by atoms with Gasteiger partial charge in [0.05, 0.1) is 19.3 Å². The molecule has 2 fully saturated rings. The number of nitrogens with zero attached hydrogens (tertiary/aromatic N) is 1. The molecular formula is C15H30N2O2. The Morgan fingerprint density at radius 3 is 2.74 bits per heavy atom. The molecule has 4 heteroatoms. The monoisotopic (exact) mass is 270 g/mol. The minimum atomic E-state index is 0.0188. The Bertz CT molecular complexity index is 265. The summed E-state index contributed by atoms with van der Waals surface area (Å²) in [5.74, 6) is 0. The molecule has 1 saturated carbocycles. The number of aliphatic hydroxyl groups is 1. The molecule has 0 aromatic carbocycles. The van der Waals surface area contributed by atoms with Crippen molar-refractivity contribution in [3.63, 3.8) is 0 Å². The van der Waals surface area contributed by atoms with Gasteiger partial charge in [-0.15, -0.1) is 0 Å². The van der Waals surface area contributed by atoms with Gasteiger partial charge in [-0.25, -0.2) is 0 Å². The number of nitrogens with one attached hydrogen (secondary N) is 1. The average Bonchev–Trinajstić information content (AvgIpc) is 2.86. The summed E-state index contributed by atoms with van der Waals surface area (Å²) in [6.45, 7) is 9.54. The summed E-state index contributed by atoms with van der Waals surface area (Å²) in [7, 11) is 0. The summed E-state index contributed by atoms with van der Waals surface area (Å²) in [6, 6.07) is 0.562. The van der Waals surface area contributed by atoms with E-state index in [2.05, 4.69) is 24.1 Å². The third kappa shape index (κ3) is 4.42. The van der Waals surface area contributed by atoms with E-state index in [0.29, 0.717) is 11.5 Å². The fourth-order valence-corrected chi connectivity index (χ4v) is 3.45. The molecule has 2 N–H and O–H groups in total. The largest absolute Gasteiger partial charge is 0.394 e. The third-order valence-electron chi connectivity index (χ3n) is 4.54. The predicted molar refractivity (Wildman–Crippen MR) is 77.3 cm³/mol. The average molecular weight is 270 g/mol. The van der Waals surface area contributed by atoms with Crippen molar-refractivity contribution in [2.24, 2.45) is 5.41 Å². The molecule has 1 saturated heterocycles. The van der Waals surface area contributed by atoms with Gasteiger partial charge < -0.3 is 15.2 Å². The molecule has 1 aliphatic heterocycles. The molecule has 0 radical (unpaired) electrons. The first-order valence-corrected chi connectivity index (χ1v) is 7.82. The smallest absolute Gasteiger partial charge is 0.0932 e. The van der Waals surface area contributed by atoms with Gasteiger partial charge in [0, 0.05) is 32.2 Å². The SMILES string of the molecule is CC(C)NCC1(CN2CCOC(CO)C2)CCCC1. The lowest BCUT2D eigenvalue weighted by molar-refractivity contribution is -0.0623. The zero-order valence-corrected chi connectivity index (χ0v) is 12.5. The zero-order valence-electron chi connectivity index (χ0n) is 12.5. The van der Waals surface area contributed by atoms with Crippen LogP contribution >= 0.6 is 0 Å². The molecule has 19 heavy (non-hydrogen) atoms. The molecule has 1 heterocycles. The standard InChI is InChI=1S/C15H30N2O2/c1-13(2)16-11-15(5-3-4-6-15)12-17-7-8-19-14(9-17)10-18/h13-14,16,18H,3-12H2,1-2H3. The fraction of sp³-hybridized carbons (Fsp3) is 1.00. The van der Waals surface area contributed by atoms with E-state index in [-0.39, 0.29) is 12.7 Å². The molecule has 1 atom stereocenters. The van der Waals surface area contributed by atoms with Gasteiger partial charge in [0.25, 0.3) is 0 Å². The Labute approximate surface area is 117 Å². The Morgan fingerprint density at radius 1 is 1.37 bits per heavy atom. The van der Waals surface area contributed by atoms with Crippen LogP contribution in [0, 0.1) is 5.41 Å². The highest BCUT2D eigenvalue weighted by atomic mass is 16.5. The van der Waals surface area contributed by atoms with E-state index in [0.717, 1.165) is 32.8 Å². The van der Waals surface area contributed by atoms with Crippen LogP contribution in [0.25, 0.3) is 0 Å². The van der Waals surface area contributed by atoms with Gasteiger partial charge in [0.1, 0.15) is 0 Å². The first-order chi connectivity index (χ1) is 9.13. The Balaban J connectivity index is 1.88. The number of aliphatic hydroxyl groups excluding tert-OH is 1. The lowest BCUT2D eigenvalue weighted by Crippen LogP contribution is -2.50. The normalized spacial score (nSPS) is 28.1. The highest BCUT2D eigenvalue weighted by Crippen LogP contribution is 2.38. The topological polar surface area (TPSA) is 44.7 Å². The number of morpholine rings is 1. The number of ether oxygens (including phenoxy) is 1. The van der Waals surface area contributed by atoms with Crippen LogP contribution in [0.15, 0.2) is 0 Å². The second kappa shape index (κ2) is 7.02. The molecular weight excluding hydrogens is 240 g/mol. The first-order valence-electron chi connectivity index (χ1n) is 7.82. The van der Waals surface area contributed by atoms with Gasteiger partial charge >= 0.3 is 0 Å². The van der Waals surface area contributed by atoms with E-state index >= 15 is 0 Å². The minimum absolute atomic E-state index is 0.0188. The van der Waals surface area contributed by atoms with E-state index in [9.17, 15) is 5.11 Å². The molecule has 4 nitrogen and oxygen atoms in total. The second-order valence-electron chi connectivity index (χ2n) is 6.65. The lowest BCUT2D eigenvalue weighted by atomic mass is 9.85. The molecule has 0 aromatic rings. The van der Waals surface area contributed by atoms with Gasteiger partial charge in [-0.2, -0.15) is 0 Å². The van der Waals surface area contributed by atoms with Crippen molar-refractivity contribution in [2.45, 2.75) is 51.7 Å². The van der Waals surface area contributed by atoms with Crippen molar-refractivity contribution < 1.29 is 9.84 Å². The molecule has 0 bridgehead atoms.